The van der Waals surface area contributed by atoms with Crippen molar-refractivity contribution >= 4 is 28.2 Å². The number of alkyl halides is 3. The van der Waals surface area contributed by atoms with Crippen molar-refractivity contribution in [2.24, 2.45) is 0 Å². The molecule has 2 aromatic rings. The first-order valence-corrected chi connectivity index (χ1v) is 5.64. The summed E-state index contributed by atoms with van der Waals surface area (Å²) < 4.78 is 38.6. The van der Waals surface area contributed by atoms with Gasteiger partial charge in [0.2, 0.25) is 0 Å². The number of hydrogen-bond donors (Lipinski definition) is 0. The molecule has 0 N–H and O–H groups in total. The molecule has 0 amide bonds. The summed E-state index contributed by atoms with van der Waals surface area (Å²) in [7, 11) is 0. The van der Waals surface area contributed by atoms with Crippen LogP contribution in [0.4, 0.5) is 13.2 Å². The van der Waals surface area contributed by atoms with Gasteiger partial charge < -0.3 is 0 Å². The van der Waals surface area contributed by atoms with E-state index in [1.54, 1.807) is 13.0 Å². The summed E-state index contributed by atoms with van der Waals surface area (Å²) in [6, 6.07) is 3.08. The maximum absolute atomic E-state index is 12.6. The fourth-order valence-corrected chi connectivity index (χ4v) is 2.09. The smallest absolute Gasteiger partial charge is 0.268 e. The summed E-state index contributed by atoms with van der Waals surface area (Å²) in [5, 5.41) is 0. The Morgan fingerprint density at radius 2 is 2.06 bits per heavy atom. The van der Waals surface area contributed by atoms with Crippen LogP contribution in [0.5, 0.6) is 0 Å². The standard InChI is InChI=1S/C10H6F3IN2O/c1-5-2-3-16-6(4-5)15-8(10(11,12)13)7(14)9(16)17/h2-4H,1H3. The van der Waals surface area contributed by atoms with Crippen LogP contribution in [0.15, 0.2) is 23.1 Å². The fraction of sp³-hybridized carbons (Fsp3) is 0.200. The zero-order valence-electron chi connectivity index (χ0n) is 8.55. The van der Waals surface area contributed by atoms with Gasteiger partial charge in [-0.25, -0.2) is 4.98 Å². The first-order valence-electron chi connectivity index (χ1n) is 4.56. The Bertz CT molecular complexity index is 648. The van der Waals surface area contributed by atoms with Crippen molar-refractivity contribution < 1.29 is 13.2 Å². The van der Waals surface area contributed by atoms with Gasteiger partial charge in [-0.05, 0) is 47.2 Å². The summed E-state index contributed by atoms with van der Waals surface area (Å²) in [5.41, 5.74) is -1.09. The van der Waals surface area contributed by atoms with Gasteiger partial charge in [-0.1, -0.05) is 0 Å². The molecule has 7 heteroatoms. The van der Waals surface area contributed by atoms with E-state index in [2.05, 4.69) is 4.98 Å². The number of fused-ring (bicyclic) bond motifs is 1. The van der Waals surface area contributed by atoms with E-state index in [1.807, 2.05) is 0 Å². The average Bonchev–Trinajstić information content (AvgIpc) is 2.21. The normalized spacial score (nSPS) is 12.1. The quantitative estimate of drug-likeness (QED) is 0.682. The van der Waals surface area contributed by atoms with Crippen LogP contribution in [-0.2, 0) is 6.18 Å². The molecule has 2 rings (SSSR count). The third-order valence-electron chi connectivity index (χ3n) is 2.20. The van der Waals surface area contributed by atoms with Crippen LogP contribution >= 0.6 is 22.6 Å². The molecule has 0 aliphatic carbocycles. The van der Waals surface area contributed by atoms with Gasteiger partial charge in [0.05, 0.1) is 0 Å². The Morgan fingerprint density at radius 1 is 1.41 bits per heavy atom. The molecule has 0 radical (unpaired) electrons. The van der Waals surface area contributed by atoms with Crippen LogP contribution < -0.4 is 5.56 Å². The molecule has 3 nitrogen and oxygen atoms in total. The van der Waals surface area contributed by atoms with Crippen molar-refractivity contribution in [2.75, 3.05) is 0 Å². The second-order valence-corrected chi connectivity index (χ2v) is 4.59. The van der Waals surface area contributed by atoms with Gasteiger partial charge in [0.1, 0.15) is 9.22 Å². The fourth-order valence-electron chi connectivity index (χ4n) is 1.41. The molecule has 17 heavy (non-hydrogen) atoms. The Kier molecular flexibility index (Phi) is 2.88. The van der Waals surface area contributed by atoms with Gasteiger partial charge in [0.15, 0.2) is 5.69 Å². The highest BCUT2D eigenvalue weighted by Gasteiger charge is 2.36. The van der Waals surface area contributed by atoms with Gasteiger partial charge in [0, 0.05) is 6.20 Å². The van der Waals surface area contributed by atoms with Gasteiger partial charge in [-0.3, -0.25) is 9.20 Å². The maximum atomic E-state index is 12.6. The third-order valence-corrected chi connectivity index (χ3v) is 3.17. The number of pyridine rings is 1. The van der Waals surface area contributed by atoms with E-state index in [0.29, 0.717) is 0 Å². The van der Waals surface area contributed by atoms with Gasteiger partial charge in [-0.2, -0.15) is 13.2 Å². The SMILES string of the molecule is Cc1ccn2c(=O)c(I)c(C(F)(F)F)nc2c1. The highest BCUT2D eigenvalue weighted by Crippen LogP contribution is 2.30. The summed E-state index contributed by atoms with van der Waals surface area (Å²) in [4.78, 5) is 15.2. The lowest BCUT2D eigenvalue weighted by molar-refractivity contribution is -0.141. The molecule has 2 aromatic heterocycles. The predicted molar refractivity (Wildman–Crippen MR) is 63.9 cm³/mol. The summed E-state index contributed by atoms with van der Waals surface area (Å²) in [5.74, 6) is 0. The highest BCUT2D eigenvalue weighted by molar-refractivity contribution is 14.1. The lowest BCUT2D eigenvalue weighted by Crippen LogP contribution is -2.24. The van der Waals surface area contributed by atoms with Crippen molar-refractivity contribution in [3.8, 4) is 0 Å². The largest absolute Gasteiger partial charge is 0.434 e. The van der Waals surface area contributed by atoms with Crippen LogP contribution in [0.3, 0.4) is 0 Å². The van der Waals surface area contributed by atoms with E-state index < -0.39 is 21.0 Å². The van der Waals surface area contributed by atoms with E-state index in [4.69, 9.17) is 0 Å². The molecule has 0 bridgehead atoms. The summed E-state index contributed by atoms with van der Waals surface area (Å²) in [6.45, 7) is 1.72. The van der Waals surface area contributed by atoms with Crippen LogP contribution in [0.1, 0.15) is 11.3 Å². The topological polar surface area (TPSA) is 34.4 Å². The minimum absolute atomic E-state index is 0.00254. The molecule has 0 spiro atoms. The first kappa shape index (κ1) is 12.3. The Labute approximate surface area is 107 Å². The van der Waals surface area contributed by atoms with Crippen molar-refractivity contribution in [2.45, 2.75) is 13.1 Å². The minimum atomic E-state index is -4.62. The maximum Gasteiger partial charge on any atom is 0.434 e. The van der Waals surface area contributed by atoms with Crippen LogP contribution in [-0.4, -0.2) is 9.38 Å². The molecule has 90 valence electrons. The number of nitrogens with zero attached hydrogens (tertiary/aromatic N) is 2. The molecule has 0 aromatic carbocycles. The molecule has 0 unspecified atom stereocenters. The van der Waals surface area contributed by atoms with E-state index in [0.717, 1.165) is 9.96 Å². The molecule has 0 saturated heterocycles. The third kappa shape index (κ3) is 2.15. The molecule has 0 atom stereocenters. The Hall–Kier alpha value is -1.12. The first-order chi connectivity index (χ1) is 7.80. The van der Waals surface area contributed by atoms with Gasteiger partial charge in [0.25, 0.3) is 5.56 Å². The van der Waals surface area contributed by atoms with E-state index >= 15 is 0 Å². The van der Waals surface area contributed by atoms with E-state index in [-0.39, 0.29) is 5.65 Å². The zero-order valence-corrected chi connectivity index (χ0v) is 10.7. The van der Waals surface area contributed by atoms with Crippen molar-refractivity contribution in [1.29, 1.82) is 0 Å². The number of rotatable bonds is 0. The lowest BCUT2D eigenvalue weighted by atomic mass is 10.3. The second kappa shape index (κ2) is 3.97. The van der Waals surface area contributed by atoms with Crippen LogP contribution in [0.2, 0.25) is 0 Å². The number of halogens is 4. The molecular weight excluding hydrogens is 348 g/mol. The van der Waals surface area contributed by atoms with Crippen molar-refractivity contribution in [3.05, 3.63) is 43.5 Å². The average molecular weight is 354 g/mol. The number of aromatic nitrogens is 2. The van der Waals surface area contributed by atoms with E-state index in [9.17, 15) is 18.0 Å². The number of aryl methyl sites for hydroxylation is 1. The lowest BCUT2D eigenvalue weighted by Gasteiger charge is -2.09. The number of hydrogen-bond acceptors (Lipinski definition) is 2. The molecule has 2 heterocycles. The van der Waals surface area contributed by atoms with Crippen molar-refractivity contribution in [3.63, 3.8) is 0 Å². The predicted octanol–water partition coefficient (Wildman–Crippen LogP) is 2.63. The summed E-state index contributed by atoms with van der Waals surface area (Å²) in [6.07, 6.45) is -3.20. The van der Waals surface area contributed by atoms with Crippen molar-refractivity contribution in [1.82, 2.24) is 9.38 Å². The molecule has 0 fully saturated rings. The summed E-state index contributed by atoms with van der Waals surface area (Å²) >= 11 is 1.37. The van der Waals surface area contributed by atoms with Crippen LogP contribution in [0.25, 0.3) is 5.65 Å². The molecule has 0 aliphatic rings. The van der Waals surface area contributed by atoms with Gasteiger partial charge in [-0.15, -0.1) is 0 Å². The minimum Gasteiger partial charge on any atom is -0.268 e. The molecule has 0 aliphatic heterocycles. The highest BCUT2D eigenvalue weighted by atomic mass is 127. The van der Waals surface area contributed by atoms with E-state index in [1.165, 1.54) is 34.9 Å². The molecule has 0 saturated carbocycles. The monoisotopic (exact) mass is 354 g/mol. The second-order valence-electron chi connectivity index (χ2n) is 3.51. The Morgan fingerprint density at radius 3 is 2.65 bits per heavy atom. The zero-order chi connectivity index (χ0) is 12.8. The van der Waals surface area contributed by atoms with Crippen LogP contribution in [0, 0.1) is 10.5 Å². The van der Waals surface area contributed by atoms with Gasteiger partial charge >= 0.3 is 6.18 Å². The Balaban J connectivity index is 2.91. The molecular formula is C10H6F3IN2O.